The van der Waals surface area contributed by atoms with Crippen LogP contribution in [0.1, 0.15) is 18.5 Å². The van der Waals surface area contributed by atoms with Crippen LogP contribution in [0.4, 0.5) is 0 Å². The topological polar surface area (TPSA) is 67.5 Å². The smallest absolute Gasteiger partial charge is 0.119 e. The van der Waals surface area contributed by atoms with E-state index < -0.39 is 6.10 Å². The summed E-state index contributed by atoms with van der Waals surface area (Å²) in [5, 5.41) is 13.2. The number of hydrogen-bond donors (Lipinski definition) is 3. The third-order valence-corrected chi connectivity index (χ3v) is 3.58. The Kier molecular flexibility index (Phi) is 6.40. The molecule has 22 heavy (non-hydrogen) atoms. The number of nitrogens with one attached hydrogen (secondary N) is 1. The van der Waals surface area contributed by atoms with Gasteiger partial charge in [-0.1, -0.05) is 48.5 Å². The molecule has 2 aromatic carbocycles. The van der Waals surface area contributed by atoms with Crippen molar-refractivity contribution < 1.29 is 9.84 Å². The van der Waals surface area contributed by atoms with Gasteiger partial charge in [0, 0.05) is 18.6 Å². The summed E-state index contributed by atoms with van der Waals surface area (Å²) in [5.41, 5.74) is 7.20. The van der Waals surface area contributed by atoms with Crippen LogP contribution in [0.3, 0.4) is 0 Å². The summed E-state index contributed by atoms with van der Waals surface area (Å²) in [6.07, 6.45) is -0.590. The first-order chi connectivity index (χ1) is 10.7. The van der Waals surface area contributed by atoms with Gasteiger partial charge in [-0.05, 0) is 24.6 Å². The normalized spacial score (nSPS) is 15.0. The molecule has 0 amide bonds. The lowest BCUT2D eigenvalue weighted by Gasteiger charge is -2.27. The van der Waals surface area contributed by atoms with Gasteiger partial charge in [-0.3, -0.25) is 0 Å². The van der Waals surface area contributed by atoms with Gasteiger partial charge < -0.3 is 20.9 Å². The second-order valence-corrected chi connectivity index (χ2v) is 5.32. The molecule has 3 atom stereocenters. The molecule has 4 nitrogen and oxygen atoms in total. The Morgan fingerprint density at radius 2 is 1.64 bits per heavy atom. The quantitative estimate of drug-likeness (QED) is 0.653. The Hall–Kier alpha value is -1.88. The van der Waals surface area contributed by atoms with Crippen LogP contribution >= 0.6 is 0 Å². The van der Waals surface area contributed by atoms with Crippen LogP contribution in [0.5, 0.6) is 5.75 Å². The maximum absolute atomic E-state index is 9.79. The van der Waals surface area contributed by atoms with Crippen molar-refractivity contribution in [1.29, 1.82) is 0 Å². The van der Waals surface area contributed by atoms with E-state index in [9.17, 15) is 5.11 Å². The number of aliphatic hydroxyl groups is 1. The molecule has 0 fully saturated rings. The first-order valence-corrected chi connectivity index (χ1v) is 7.58. The fourth-order valence-electron chi connectivity index (χ4n) is 2.32. The molecule has 0 spiro atoms. The van der Waals surface area contributed by atoms with Crippen molar-refractivity contribution in [2.24, 2.45) is 5.73 Å². The van der Waals surface area contributed by atoms with Gasteiger partial charge >= 0.3 is 0 Å². The van der Waals surface area contributed by atoms with E-state index in [0.717, 1.165) is 11.3 Å². The van der Waals surface area contributed by atoms with Crippen molar-refractivity contribution in [1.82, 2.24) is 5.32 Å². The summed E-state index contributed by atoms with van der Waals surface area (Å²) in [5.74, 6) is 0.848. The molecule has 4 heteroatoms. The molecule has 0 radical (unpaired) electrons. The lowest BCUT2D eigenvalue weighted by Crippen LogP contribution is -2.45. The highest BCUT2D eigenvalue weighted by molar-refractivity contribution is 5.22. The molecular formula is C18H24N2O2. The zero-order chi connectivity index (χ0) is 15.8. The van der Waals surface area contributed by atoms with Crippen molar-refractivity contribution in [3.05, 3.63) is 66.2 Å². The molecule has 0 aromatic heterocycles. The van der Waals surface area contributed by atoms with Crippen LogP contribution in [0.2, 0.25) is 0 Å². The lowest BCUT2D eigenvalue weighted by atomic mass is 9.96. The highest BCUT2D eigenvalue weighted by atomic mass is 16.5. The van der Waals surface area contributed by atoms with E-state index in [1.807, 2.05) is 60.7 Å². The number of benzene rings is 2. The van der Waals surface area contributed by atoms with Gasteiger partial charge in [0.1, 0.15) is 12.4 Å². The predicted octanol–water partition coefficient (Wildman–Crippen LogP) is 2.10. The van der Waals surface area contributed by atoms with E-state index in [4.69, 9.17) is 10.5 Å². The van der Waals surface area contributed by atoms with Gasteiger partial charge in [0.25, 0.3) is 0 Å². The van der Waals surface area contributed by atoms with Crippen molar-refractivity contribution in [3.63, 3.8) is 0 Å². The number of ether oxygens (including phenoxy) is 1. The number of para-hydroxylation sites is 1. The summed E-state index contributed by atoms with van der Waals surface area (Å²) in [7, 11) is 0. The Morgan fingerprint density at radius 1 is 1.05 bits per heavy atom. The van der Waals surface area contributed by atoms with Crippen LogP contribution in [-0.2, 0) is 0 Å². The van der Waals surface area contributed by atoms with E-state index in [2.05, 4.69) is 5.32 Å². The first-order valence-electron chi connectivity index (χ1n) is 7.58. The monoisotopic (exact) mass is 300 g/mol. The molecule has 4 N–H and O–H groups in total. The summed E-state index contributed by atoms with van der Waals surface area (Å²) in [6.45, 7) is 2.90. The molecule has 0 heterocycles. The van der Waals surface area contributed by atoms with Crippen molar-refractivity contribution in [3.8, 4) is 5.75 Å². The summed E-state index contributed by atoms with van der Waals surface area (Å²) < 4.78 is 5.67. The first kappa shape index (κ1) is 16.5. The minimum absolute atomic E-state index is 0.111. The van der Waals surface area contributed by atoms with Gasteiger partial charge in [-0.2, -0.15) is 0 Å². The second-order valence-electron chi connectivity index (χ2n) is 5.32. The number of aliphatic hydroxyl groups excluding tert-OH is 1. The molecule has 0 saturated heterocycles. The zero-order valence-electron chi connectivity index (χ0n) is 12.9. The van der Waals surface area contributed by atoms with E-state index in [-0.39, 0.29) is 12.1 Å². The molecule has 0 aliphatic carbocycles. The average Bonchev–Trinajstić information content (AvgIpc) is 2.56. The molecule has 0 saturated carbocycles. The maximum Gasteiger partial charge on any atom is 0.119 e. The number of nitrogens with two attached hydrogens (primary N) is 1. The molecule has 118 valence electrons. The highest BCUT2D eigenvalue weighted by Crippen LogP contribution is 2.17. The summed E-state index contributed by atoms with van der Waals surface area (Å²) >= 11 is 0. The fourth-order valence-corrected chi connectivity index (χ4v) is 2.32. The predicted molar refractivity (Wildman–Crippen MR) is 88.8 cm³/mol. The molecule has 2 rings (SSSR count). The van der Waals surface area contributed by atoms with Crippen molar-refractivity contribution in [2.45, 2.75) is 25.1 Å². The largest absolute Gasteiger partial charge is 0.492 e. The third-order valence-electron chi connectivity index (χ3n) is 3.58. The minimum atomic E-state index is -0.590. The van der Waals surface area contributed by atoms with Crippen LogP contribution < -0.4 is 15.8 Å². The molecule has 3 unspecified atom stereocenters. The van der Waals surface area contributed by atoms with E-state index in [0.29, 0.717) is 13.2 Å². The molecule has 2 aromatic rings. The second kappa shape index (κ2) is 8.54. The van der Waals surface area contributed by atoms with Gasteiger partial charge in [0.15, 0.2) is 0 Å². The van der Waals surface area contributed by atoms with Crippen LogP contribution in [0.25, 0.3) is 0 Å². The molecule has 0 aliphatic rings. The van der Waals surface area contributed by atoms with Gasteiger partial charge in [-0.25, -0.2) is 0 Å². The minimum Gasteiger partial charge on any atom is -0.492 e. The number of hydrogen-bond acceptors (Lipinski definition) is 4. The average molecular weight is 300 g/mol. The zero-order valence-corrected chi connectivity index (χ0v) is 12.9. The maximum atomic E-state index is 9.79. The van der Waals surface area contributed by atoms with Crippen molar-refractivity contribution >= 4 is 0 Å². The van der Waals surface area contributed by atoms with E-state index in [1.54, 1.807) is 6.92 Å². The van der Waals surface area contributed by atoms with E-state index in [1.165, 1.54) is 0 Å². The summed E-state index contributed by atoms with van der Waals surface area (Å²) in [6, 6.07) is 19.1. The third kappa shape index (κ3) is 4.84. The fraction of sp³-hybridized carbons (Fsp3) is 0.333. The molecule has 0 bridgehead atoms. The Balaban J connectivity index is 1.90. The van der Waals surface area contributed by atoms with Gasteiger partial charge in [0.2, 0.25) is 0 Å². The SMILES string of the molecule is CC(O)C(N)C(NCCOc1ccccc1)c1ccccc1. The molecular weight excluding hydrogens is 276 g/mol. The van der Waals surface area contributed by atoms with Crippen LogP contribution in [0.15, 0.2) is 60.7 Å². The van der Waals surface area contributed by atoms with E-state index >= 15 is 0 Å². The Labute approximate surface area is 131 Å². The van der Waals surface area contributed by atoms with Crippen LogP contribution in [-0.4, -0.2) is 30.4 Å². The van der Waals surface area contributed by atoms with Gasteiger partial charge in [0.05, 0.1) is 6.10 Å². The highest BCUT2D eigenvalue weighted by Gasteiger charge is 2.22. The Morgan fingerprint density at radius 3 is 2.23 bits per heavy atom. The van der Waals surface area contributed by atoms with Crippen LogP contribution in [0, 0.1) is 0 Å². The molecule has 0 aliphatic heterocycles. The number of rotatable bonds is 8. The standard InChI is InChI=1S/C18H24N2O2/c1-14(21)17(19)18(15-8-4-2-5-9-15)20-12-13-22-16-10-6-3-7-11-16/h2-11,14,17-18,20-21H,12-13,19H2,1H3. The van der Waals surface area contributed by atoms with Gasteiger partial charge in [-0.15, -0.1) is 0 Å². The summed E-state index contributed by atoms with van der Waals surface area (Å²) in [4.78, 5) is 0. The van der Waals surface area contributed by atoms with Crippen molar-refractivity contribution in [2.75, 3.05) is 13.2 Å². The Bertz CT molecular complexity index is 531. The lowest BCUT2D eigenvalue weighted by molar-refractivity contribution is 0.141.